The Hall–Kier alpha value is -1.08. The normalized spacial score (nSPS) is 26.9. The summed E-state index contributed by atoms with van der Waals surface area (Å²) in [5.41, 5.74) is 5.34. The summed E-state index contributed by atoms with van der Waals surface area (Å²) in [7, 11) is 0. The van der Waals surface area contributed by atoms with Gasteiger partial charge in [-0.25, -0.2) is 0 Å². The third-order valence-corrected chi connectivity index (χ3v) is 5.00. The number of nitrogens with zero attached hydrogens (tertiary/aromatic N) is 2. The Kier molecular flexibility index (Phi) is 4.46. The lowest BCUT2D eigenvalue weighted by molar-refractivity contribution is 0.0902. The highest BCUT2D eigenvalue weighted by atomic mass is 32.1. The van der Waals surface area contributed by atoms with Crippen LogP contribution in [0, 0.1) is 5.92 Å². The highest BCUT2D eigenvalue weighted by Crippen LogP contribution is 2.34. The SMILES string of the molecule is CCC1CCC(NC(=O)c2cnns2)(C(N)=S)CC1. The van der Waals surface area contributed by atoms with Gasteiger partial charge in [-0.1, -0.05) is 30.1 Å². The summed E-state index contributed by atoms with van der Waals surface area (Å²) < 4.78 is 3.70. The number of carbonyl (C=O) groups excluding carboxylic acids is 1. The number of amides is 1. The van der Waals surface area contributed by atoms with Crippen LogP contribution in [0.2, 0.25) is 0 Å². The second-order valence-corrected chi connectivity index (χ2v) is 6.26. The molecule has 104 valence electrons. The third-order valence-electron chi connectivity index (χ3n) is 3.95. The second kappa shape index (κ2) is 5.92. The van der Waals surface area contributed by atoms with Crippen molar-refractivity contribution in [1.29, 1.82) is 0 Å². The Morgan fingerprint density at radius 3 is 2.79 bits per heavy atom. The van der Waals surface area contributed by atoms with E-state index in [0.29, 0.717) is 15.8 Å². The smallest absolute Gasteiger partial charge is 0.265 e. The molecule has 1 aliphatic carbocycles. The summed E-state index contributed by atoms with van der Waals surface area (Å²) in [6.07, 6.45) is 6.37. The molecule has 1 aromatic rings. The maximum absolute atomic E-state index is 12.1. The zero-order valence-electron chi connectivity index (χ0n) is 10.9. The molecule has 0 saturated heterocycles. The maximum Gasteiger partial charge on any atom is 0.265 e. The van der Waals surface area contributed by atoms with Crippen LogP contribution in [0.4, 0.5) is 0 Å². The van der Waals surface area contributed by atoms with Gasteiger partial charge in [0.1, 0.15) is 4.88 Å². The first kappa shape index (κ1) is 14.3. The fourth-order valence-electron chi connectivity index (χ4n) is 2.56. The molecule has 1 aliphatic rings. The molecule has 1 amide bonds. The summed E-state index contributed by atoms with van der Waals surface area (Å²) in [4.78, 5) is 13.0. The molecule has 7 heteroatoms. The van der Waals surface area contributed by atoms with Gasteiger partial charge in [0.05, 0.1) is 16.7 Å². The predicted octanol–water partition coefficient (Wildman–Crippen LogP) is 1.89. The first-order chi connectivity index (χ1) is 9.07. The average Bonchev–Trinajstić information content (AvgIpc) is 2.93. The van der Waals surface area contributed by atoms with E-state index in [2.05, 4.69) is 21.8 Å². The molecule has 1 saturated carbocycles. The van der Waals surface area contributed by atoms with Gasteiger partial charge in [-0.15, -0.1) is 5.10 Å². The molecule has 0 aliphatic heterocycles. The van der Waals surface area contributed by atoms with Gasteiger partial charge >= 0.3 is 0 Å². The summed E-state index contributed by atoms with van der Waals surface area (Å²) >= 11 is 6.26. The molecule has 0 atom stereocenters. The molecule has 0 radical (unpaired) electrons. The van der Waals surface area contributed by atoms with Crippen LogP contribution in [-0.4, -0.2) is 26.0 Å². The highest BCUT2D eigenvalue weighted by molar-refractivity contribution is 7.80. The minimum absolute atomic E-state index is 0.183. The van der Waals surface area contributed by atoms with E-state index in [1.165, 1.54) is 12.6 Å². The quantitative estimate of drug-likeness (QED) is 0.830. The lowest BCUT2D eigenvalue weighted by Gasteiger charge is -2.39. The van der Waals surface area contributed by atoms with Crippen LogP contribution < -0.4 is 11.1 Å². The minimum Gasteiger partial charge on any atom is -0.391 e. The van der Waals surface area contributed by atoms with Crippen LogP contribution in [0.5, 0.6) is 0 Å². The van der Waals surface area contributed by atoms with Crippen LogP contribution in [-0.2, 0) is 0 Å². The first-order valence-electron chi connectivity index (χ1n) is 6.47. The third kappa shape index (κ3) is 3.09. The summed E-state index contributed by atoms with van der Waals surface area (Å²) in [5, 5.41) is 6.68. The zero-order chi connectivity index (χ0) is 13.9. The fourth-order valence-corrected chi connectivity index (χ4v) is 3.22. The lowest BCUT2D eigenvalue weighted by Crippen LogP contribution is -2.58. The summed E-state index contributed by atoms with van der Waals surface area (Å²) in [6.45, 7) is 2.19. The van der Waals surface area contributed by atoms with Gasteiger partial charge < -0.3 is 11.1 Å². The molecule has 1 fully saturated rings. The van der Waals surface area contributed by atoms with Gasteiger partial charge in [-0.3, -0.25) is 4.79 Å². The maximum atomic E-state index is 12.1. The van der Waals surface area contributed by atoms with Crippen molar-refractivity contribution in [1.82, 2.24) is 14.9 Å². The fraction of sp³-hybridized carbons (Fsp3) is 0.667. The Morgan fingerprint density at radius 2 is 2.32 bits per heavy atom. The predicted molar refractivity (Wildman–Crippen MR) is 79.1 cm³/mol. The van der Waals surface area contributed by atoms with Crippen molar-refractivity contribution >= 4 is 34.6 Å². The summed E-state index contributed by atoms with van der Waals surface area (Å²) in [5.74, 6) is 0.530. The van der Waals surface area contributed by atoms with Crippen LogP contribution in [0.1, 0.15) is 48.7 Å². The number of thiocarbonyl (C=S) groups is 1. The van der Waals surface area contributed by atoms with Crippen LogP contribution >= 0.6 is 23.8 Å². The molecule has 3 N–H and O–H groups in total. The number of nitrogens with one attached hydrogen (secondary N) is 1. The van der Waals surface area contributed by atoms with E-state index >= 15 is 0 Å². The molecule has 0 bridgehead atoms. The Morgan fingerprint density at radius 1 is 1.63 bits per heavy atom. The standard InChI is InChI=1S/C12H18N4OS2/c1-2-8-3-5-12(6-4-8,11(13)18)15-10(17)9-7-14-16-19-9/h7-8H,2-6H2,1H3,(H2,13,18)(H,15,17). The van der Waals surface area contributed by atoms with Crippen molar-refractivity contribution in [3.8, 4) is 0 Å². The number of nitrogens with two attached hydrogens (primary N) is 1. The van der Waals surface area contributed by atoms with E-state index < -0.39 is 5.54 Å². The zero-order valence-corrected chi connectivity index (χ0v) is 12.5. The molecule has 0 aromatic carbocycles. The molecule has 0 spiro atoms. The largest absolute Gasteiger partial charge is 0.391 e. The van der Waals surface area contributed by atoms with E-state index in [1.807, 2.05) is 0 Å². The van der Waals surface area contributed by atoms with Crippen molar-refractivity contribution in [3.05, 3.63) is 11.1 Å². The number of hydrogen-bond acceptors (Lipinski definition) is 5. The molecule has 0 unspecified atom stereocenters. The van der Waals surface area contributed by atoms with Crippen molar-refractivity contribution in [2.45, 2.75) is 44.6 Å². The second-order valence-electron chi connectivity index (χ2n) is 5.03. The number of hydrogen-bond donors (Lipinski definition) is 2. The van der Waals surface area contributed by atoms with Crippen molar-refractivity contribution in [3.63, 3.8) is 0 Å². The monoisotopic (exact) mass is 298 g/mol. The average molecular weight is 298 g/mol. The number of carbonyl (C=O) groups is 1. The molecule has 1 aromatic heterocycles. The van der Waals surface area contributed by atoms with Crippen molar-refractivity contribution in [2.75, 3.05) is 0 Å². The molecular formula is C12H18N4OS2. The minimum atomic E-state index is -0.540. The Bertz CT molecular complexity index is 452. The molecular weight excluding hydrogens is 280 g/mol. The number of aromatic nitrogens is 2. The van der Waals surface area contributed by atoms with Crippen LogP contribution in [0.15, 0.2) is 6.20 Å². The van der Waals surface area contributed by atoms with Crippen molar-refractivity contribution < 1.29 is 4.79 Å². The van der Waals surface area contributed by atoms with Gasteiger partial charge in [-0.05, 0) is 43.1 Å². The van der Waals surface area contributed by atoms with E-state index in [1.54, 1.807) is 0 Å². The highest BCUT2D eigenvalue weighted by Gasteiger charge is 2.39. The van der Waals surface area contributed by atoms with E-state index in [-0.39, 0.29) is 5.91 Å². The summed E-state index contributed by atoms with van der Waals surface area (Å²) in [6, 6.07) is 0. The first-order valence-corrected chi connectivity index (χ1v) is 7.65. The van der Waals surface area contributed by atoms with Crippen molar-refractivity contribution in [2.24, 2.45) is 11.7 Å². The van der Waals surface area contributed by atoms with Gasteiger partial charge in [0.2, 0.25) is 0 Å². The molecule has 1 heterocycles. The van der Waals surface area contributed by atoms with Gasteiger partial charge in [0.25, 0.3) is 5.91 Å². The van der Waals surface area contributed by atoms with E-state index in [9.17, 15) is 4.79 Å². The number of rotatable bonds is 4. The van der Waals surface area contributed by atoms with Gasteiger partial charge in [0, 0.05) is 0 Å². The Balaban J connectivity index is 2.09. The lowest BCUT2D eigenvalue weighted by atomic mass is 9.75. The van der Waals surface area contributed by atoms with Crippen LogP contribution in [0.3, 0.4) is 0 Å². The van der Waals surface area contributed by atoms with Gasteiger partial charge in [-0.2, -0.15) is 0 Å². The molecule has 2 rings (SSSR count). The Labute approximate surface area is 122 Å². The van der Waals surface area contributed by atoms with Gasteiger partial charge in [0.15, 0.2) is 0 Å². The van der Waals surface area contributed by atoms with Crippen LogP contribution in [0.25, 0.3) is 0 Å². The van der Waals surface area contributed by atoms with E-state index in [0.717, 1.165) is 37.2 Å². The van der Waals surface area contributed by atoms with E-state index in [4.69, 9.17) is 18.0 Å². The molecule has 5 nitrogen and oxygen atoms in total. The molecule has 19 heavy (non-hydrogen) atoms. The topological polar surface area (TPSA) is 80.9 Å².